The summed E-state index contributed by atoms with van der Waals surface area (Å²) in [4.78, 5) is 20.7. The third-order valence-corrected chi connectivity index (χ3v) is 3.61. The first-order chi connectivity index (χ1) is 12.2. The number of rotatable bonds is 6. The molecule has 0 radical (unpaired) electrons. The molecule has 3 aromatic rings. The fourth-order valence-electron chi connectivity index (χ4n) is 2.38. The van der Waals surface area contributed by atoms with Crippen LogP contribution in [0.15, 0.2) is 55.2 Å². The lowest BCUT2D eigenvalue weighted by molar-refractivity contribution is 0.102. The van der Waals surface area contributed by atoms with Crippen molar-refractivity contribution in [3.8, 4) is 11.5 Å². The monoisotopic (exact) mass is 338 g/mol. The Hall–Kier alpha value is -3.35. The van der Waals surface area contributed by atoms with Crippen LogP contribution in [-0.2, 0) is 6.54 Å². The number of amides is 1. The first kappa shape index (κ1) is 16.5. The third-order valence-electron chi connectivity index (χ3n) is 3.61. The van der Waals surface area contributed by atoms with E-state index in [-0.39, 0.29) is 5.91 Å². The van der Waals surface area contributed by atoms with Crippen LogP contribution in [0.4, 0.5) is 5.82 Å². The Bertz CT molecular complexity index is 862. The van der Waals surface area contributed by atoms with Crippen molar-refractivity contribution in [3.05, 3.63) is 66.4 Å². The Kier molecular flexibility index (Phi) is 4.94. The molecule has 3 rings (SSSR count). The highest BCUT2D eigenvalue weighted by molar-refractivity contribution is 6.04. The number of aromatic nitrogens is 3. The number of hydrogen-bond acceptors (Lipinski definition) is 5. The molecule has 25 heavy (non-hydrogen) atoms. The summed E-state index contributed by atoms with van der Waals surface area (Å²) in [6, 6.07) is 8.85. The van der Waals surface area contributed by atoms with Gasteiger partial charge in [0.05, 0.1) is 27.1 Å². The number of carbonyl (C=O) groups excluding carboxylic acids is 1. The normalized spacial score (nSPS) is 10.3. The van der Waals surface area contributed by atoms with E-state index >= 15 is 0 Å². The Balaban J connectivity index is 1.69. The molecule has 0 saturated heterocycles. The quantitative estimate of drug-likeness (QED) is 0.747. The first-order valence-corrected chi connectivity index (χ1v) is 7.63. The van der Waals surface area contributed by atoms with Crippen LogP contribution in [0.1, 0.15) is 15.9 Å². The second kappa shape index (κ2) is 7.48. The van der Waals surface area contributed by atoms with E-state index in [2.05, 4.69) is 15.3 Å². The maximum Gasteiger partial charge on any atom is 0.256 e. The fourth-order valence-corrected chi connectivity index (χ4v) is 2.38. The largest absolute Gasteiger partial charge is 0.493 e. The van der Waals surface area contributed by atoms with E-state index in [1.807, 2.05) is 16.7 Å². The number of hydrogen-bond donors (Lipinski definition) is 1. The number of imidazole rings is 1. The molecule has 2 aromatic heterocycles. The van der Waals surface area contributed by atoms with Gasteiger partial charge in [0, 0.05) is 24.2 Å². The lowest BCUT2D eigenvalue weighted by Crippen LogP contribution is -2.12. The summed E-state index contributed by atoms with van der Waals surface area (Å²) < 4.78 is 12.3. The molecule has 0 aliphatic carbocycles. The van der Waals surface area contributed by atoms with Crippen molar-refractivity contribution in [3.63, 3.8) is 0 Å². The van der Waals surface area contributed by atoms with Gasteiger partial charge in [-0.25, -0.2) is 4.98 Å². The van der Waals surface area contributed by atoms with E-state index in [0.29, 0.717) is 29.4 Å². The molecule has 0 unspecified atom stereocenters. The van der Waals surface area contributed by atoms with Crippen LogP contribution in [0, 0.1) is 0 Å². The van der Waals surface area contributed by atoms with Crippen molar-refractivity contribution in [1.29, 1.82) is 0 Å². The third kappa shape index (κ3) is 3.95. The molecule has 0 spiro atoms. The molecular formula is C18H18N4O3. The molecule has 1 aromatic carbocycles. The zero-order valence-corrected chi connectivity index (χ0v) is 14.0. The van der Waals surface area contributed by atoms with E-state index in [1.54, 1.807) is 50.2 Å². The molecule has 128 valence electrons. The number of anilines is 1. The van der Waals surface area contributed by atoms with E-state index in [9.17, 15) is 4.79 Å². The van der Waals surface area contributed by atoms with Crippen LogP contribution >= 0.6 is 0 Å². The van der Waals surface area contributed by atoms with E-state index < -0.39 is 0 Å². The summed E-state index contributed by atoms with van der Waals surface area (Å²) in [5, 5.41) is 2.77. The van der Waals surface area contributed by atoms with Gasteiger partial charge >= 0.3 is 0 Å². The molecular weight excluding hydrogens is 320 g/mol. The predicted octanol–water partition coefficient (Wildman–Crippen LogP) is 2.60. The van der Waals surface area contributed by atoms with Crippen LogP contribution in [0.25, 0.3) is 0 Å². The molecule has 0 aliphatic heterocycles. The molecule has 0 fully saturated rings. The summed E-state index contributed by atoms with van der Waals surface area (Å²) >= 11 is 0. The number of nitrogens with zero attached hydrogens (tertiary/aromatic N) is 3. The van der Waals surface area contributed by atoms with Gasteiger partial charge in [0.2, 0.25) is 0 Å². The van der Waals surface area contributed by atoms with E-state index in [0.717, 1.165) is 5.56 Å². The van der Waals surface area contributed by atoms with Gasteiger partial charge in [-0.05, 0) is 29.8 Å². The van der Waals surface area contributed by atoms with Crippen LogP contribution in [-0.4, -0.2) is 34.7 Å². The van der Waals surface area contributed by atoms with Gasteiger partial charge < -0.3 is 19.4 Å². The average Bonchev–Trinajstić information content (AvgIpc) is 3.08. The smallest absolute Gasteiger partial charge is 0.256 e. The van der Waals surface area contributed by atoms with Crippen LogP contribution < -0.4 is 14.8 Å². The van der Waals surface area contributed by atoms with Gasteiger partial charge in [-0.15, -0.1) is 0 Å². The highest BCUT2D eigenvalue weighted by Crippen LogP contribution is 2.27. The van der Waals surface area contributed by atoms with Crippen molar-refractivity contribution >= 4 is 11.7 Å². The van der Waals surface area contributed by atoms with Crippen molar-refractivity contribution < 1.29 is 14.3 Å². The number of methoxy groups -OCH3 is 2. The first-order valence-electron chi connectivity index (χ1n) is 7.63. The zero-order valence-electron chi connectivity index (χ0n) is 14.0. The maximum atomic E-state index is 12.4. The minimum Gasteiger partial charge on any atom is -0.493 e. The maximum absolute atomic E-state index is 12.4. The topological polar surface area (TPSA) is 78.3 Å². The van der Waals surface area contributed by atoms with Gasteiger partial charge in [0.1, 0.15) is 0 Å². The Morgan fingerprint density at radius 2 is 2.04 bits per heavy atom. The van der Waals surface area contributed by atoms with Gasteiger partial charge in [-0.3, -0.25) is 9.78 Å². The van der Waals surface area contributed by atoms with Crippen LogP contribution in [0.2, 0.25) is 0 Å². The van der Waals surface area contributed by atoms with Gasteiger partial charge in [-0.2, -0.15) is 0 Å². The molecule has 0 atom stereocenters. The Morgan fingerprint density at radius 1 is 1.20 bits per heavy atom. The summed E-state index contributed by atoms with van der Waals surface area (Å²) in [6.07, 6.45) is 6.96. The van der Waals surface area contributed by atoms with Crippen LogP contribution in [0.5, 0.6) is 11.5 Å². The molecule has 0 bridgehead atoms. The van der Waals surface area contributed by atoms with Crippen LogP contribution in [0.3, 0.4) is 0 Å². The molecule has 7 heteroatoms. The lowest BCUT2D eigenvalue weighted by atomic mass is 10.2. The van der Waals surface area contributed by atoms with E-state index in [1.165, 1.54) is 7.11 Å². The van der Waals surface area contributed by atoms with Crippen molar-refractivity contribution in [1.82, 2.24) is 14.5 Å². The highest BCUT2D eigenvalue weighted by Gasteiger charge is 2.12. The standard InChI is InChI=1S/C18H18N4O3/c1-24-15-6-5-14(8-16(15)25-2)18(23)21-17-11-22(12-20-17)10-13-4-3-7-19-9-13/h3-9,11-12H,10H2,1-2H3,(H,21,23). The molecule has 0 saturated carbocycles. The fraction of sp³-hybridized carbons (Fsp3) is 0.167. The molecule has 2 heterocycles. The summed E-state index contributed by atoms with van der Waals surface area (Å²) in [6.45, 7) is 0.632. The predicted molar refractivity (Wildman–Crippen MR) is 93.1 cm³/mol. The summed E-state index contributed by atoms with van der Waals surface area (Å²) in [5.74, 6) is 1.27. The van der Waals surface area contributed by atoms with Gasteiger partial charge in [0.25, 0.3) is 5.91 Å². The SMILES string of the molecule is COc1ccc(C(=O)Nc2cn(Cc3cccnc3)cn2)cc1OC. The second-order valence-electron chi connectivity index (χ2n) is 5.32. The number of ether oxygens (including phenoxy) is 2. The Labute approximate surface area is 145 Å². The minimum absolute atomic E-state index is 0.271. The number of benzene rings is 1. The molecule has 0 aliphatic rings. The highest BCUT2D eigenvalue weighted by atomic mass is 16.5. The van der Waals surface area contributed by atoms with Gasteiger partial charge in [0.15, 0.2) is 17.3 Å². The lowest BCUT2D eigenvalue weighted by Gasteiger charge is -2.09. The van der Waals surface area contributed by atoms with Crippen molar-refractivity contribution in [2.75, 3.05) is 19.5 Å². The second-order valence-corrected chi connectivity index (χ2v) is 5.32. The number of carbonyl (C=O) groups is 1. The minimum atomic E-state index is -0.271. The van der Waals surface area contributed by atoms with Crippen molar-refractivity contribution in [2.24, 2.45) is 0 Å². The molecule has 7 nitrogen and oxygen atoms in total. The number of pyridine rings is 1. The van der Waals surface area contributed by atoms with Crippen molar-refractivity contribution in [2.45, 2.75) is 6.54 Å². The Morgan fingerprint density at radius 3 is 2.76 bits per heavy atom. The molecule has 1 amide bonds. The molecule has 1 N–H and O–H groups in total. The van der Waals surface area contributed by atoms with E-state index in [4.69, 9.17) is 9.47 Å². The van der Waals surface area contributed by atoms with Gasteiger partial charge in [-0.1, -0.05) is 6.07 Å². The summed E-state index contributed by atoms with van der Waals surface area (Å²) in [7, 11) is 3.08. The average molecular weight is 338 g/mol. The zero-order chi connectivity index (χ0) is 17.6. The number of nitrogens with one attached hydrogen (secondary N) is 1. The summed E-state index contributed by atoms with van der Waals surface area (Å²) in [5.41, 5.74) is 1.51.